The molecule has 196 valence electrons. The maximum Gasteiger partial charge on any atom is 0.321 e. The van der Waals surface area contributed by atoms with Crippen LogP contribution in [0.1, 0.15) is 10.4 Å². The predicted molar refractivity (Wildman–Crippen MR) is 150 cm³/mol. The van der Waals surface area contributed by atoms with Crippen LogP contribution in [0, 0.1) is 6.57 Å². The predicted octanol–water partition coefficient (Wildman–Crippen LogP) is 6.62. The normalized spacial score (nSPS) is 10.9. The van der Waals surface area contributed by atoms with Crippen LogP contribution in [-0.2, 0) is 0 Å². The Morgan fingerprint density at radius 2 is 1.59 bits per heavy atom. The van der Waals surface area contributed by atoms with Crippen LogP contribution in [0.25, 0.3) is 21.6 Å². The minimum atomic E-state index is -0.436. The number of hydrogen-bond acceptors (Lipinski definition) is 9. The second-order valence-corrected chi connectivity index (χ2v) is 8.40. The number of carbonyl (C=O) groups is 1. The monoisotopic (exact) mass is 538 g/mol. The van der Waals surface area contributed by atoms with Crippen LogP contribution >= 0.6 is 0 Å². The second-order valence-electron chi connectivity index (χ2n) is 8.40. The molecule has 12 heteroatoms. The van der Waals surface area contributed by atoms with Crippen molar-refractivity contribution in [1.82, 2.24) is 29.7 Å². The van der Waals surface area contributed by atoms with Crippen molar-refractivity contribution >= 4 is 39.6 Å². The Labute approximate surface area is 232 Å². The number of aromatic nitrogens is 6. The maximum atomic E-state index is 13.6. The first-order chi connectivity index (χ1) is 20.2. The number of fused-ring (bicyclic) bond motifs is 1. The molecule has 0 radical (unpaired) electrons. The number of para-hydroxylation sites is 1. The van der Waals surface area contributed by atoms with Crippen LogP contribution in [0.2, 0.25) is 0 Å². The number of ether oxygens (including phenoxy) is 1. The Morgan fingerprint density at radius 1 is 0.878 bits per heavy atom. The summed E-state index contributed by atoms with van der Waals surface area (Å²) in [6.07, 6.45) is 7.51. The Morgan fingerprint density at radius 3 is 2.34 bits per heavy atom. The van der Waals surface area contributed by atoms with Crippen LogP contribution < -0.4 is 10.1 Å². The summed E-state index contributed by atoms with van der Waals surface area (Å²) >= 11 is 0. The highest BCUT2D eigenvalue weighted by molar-refractivity contribution is 6.12. The maximum absolute atomic E-state index is 13.6. The molecular weight excluding hydrogens is 520 g/mol. The summed E-state index contributed by atoms with van der Waals surface area (Å²) in [6, 6.07) is 21.4. The van der Waals surface area contributed by atoms with Gasteiger partial charge in [-0.3, -0.25) is 4.79 Å². The van der Waals surface area contributed by atoms with Crippen LogP contribution in [0.15, 0.2) is 114 Å². The van der Waals surface area contributed by atoms with Gasteiger partial charge in [0.25, 0.3) is 17.5 Å². The topological polar surface area (TPSA) is 137 Å². The second kappa shape index (κ2) is 11.2. The van der Waals surface area contributed by atoms with Crippen LogP contribution in [-0.4, -0.2) is 35.6 Å². The zero-order valence-electron chi connectivity index (χ0n) is 21.2. The molecule has 0 saturated carbocycles. The van der Waals surface area contributed by atoms with E-state index in [4.69, 9.17) is 11.3 Å². The largest absolute Gasteiger partial charge is 0.421 e. The smallest absolute Gasteiger partial charge is 0.321 e. The summed E-state index contributed by atoms with van der Waals surface area (Å²) in [5.74, 6) is -0.0323. The van der Waals surface area contributed by atoms with Crippen molar-refractivity contribution in [1.29, 1.82) is 0 Å². The third-order valence-corrected chi connectivity index (χ3v) is 5.82. The van der Waals surface area contributed by atoms with E-state index in [0.29, 0.717) is 16.5 Å². The molecule has 6 aromatic rings. The van der Waals surface area contributed by atoms with Crippen molar-refractivity contribution in [3.63, 3.8) is 0 Å². The van der Waals surface area contributed by atoms with Crippen LogP contribution in [0.3, 0.4) is 0 Å². The Hall–Kier alpha value is -6.35. The minimum Gasteiger partial charge on any atom is -0.421 e. The number of nitrogens with one attached hydrogen (secondary N) is 1. The highest BCUT2D eigenvalue weighted by Crippen LogP contribution is 2.43. The summed E-state index contributed by atoms with van der Waals surface area (Å²) in [5.41, 5.74) is 1.15. The lowest BCUT2D eigenvalue weighted by Gasteiger charge is -2.15. The number of rotatable bonds is 7. The molecule has 6 rings (SSSR count). The van der Waals surface area contributed by atoms with Crippen LogP contribution in [0.5, 0.6) is 11.8 Å². The van der Waals surface area contributed by atoms with Gasteiger partial charge in [-0.2, -0.15) is 9.78 Å². The van der Waals surface area contributed by atoms with Crippen molar-refractivity contribution in [2.75, 3.05) is 5.32 Å². The van der Waals surface area contributed by atoms with Gasteiger partial charge in [0.05, 0.1) is 18.3 Å². The minimum absolute atomic E-state index is 0.0116. The molecule has 0 spiro atoms. The summed E-state index contributed by atoms with van der Waals surface area (Å²) < 4.78 is 7.42. The molecule has 3 aromatic heterocycles. The Bertz CT molecular complexity index is 1920. The van der Waals surface area contributed by atoms with Crippen molar-refractivity contribution in [2.24, 2.45) is 10.2 Å². The number of carbonyl (C=O) groups excluding carboxylic acids is 1. The quantitative estimate of drug-likeness (QED) is 0.178. The highest BCUT2D eigenvalue weighted by Gasteiger charge is 2.23. The molecule has 0 unspecified atom stereocenters. The number of amides is 1. The standard InChI is InChI=1S/C29H18N10O2/c1-30-23-18-35-39(28-31-13-7-14-32-28)26(23)38-37-24-21-12-6-5-9-19(21)17-22(25(24)41-29-33-15-8-16-34-29)27(40)36-20-10-3-2-4-11-20/h2-18H,(H,36,40)/b38-37+. The van der Waals surface area contributed by atoms with Gasteiger partial charge in [0.1, 0.15) is 5.69 Å². The van der Waals surface area contributed by atoms with Gasteiger partial charge in [0, 0.05) is 35.9 Å². The number of nitrogens with zero attached hydrogens (tertiary/aromatic N) is 9. The fraction of sp³-hybridized carbons (Fsp3) is 0. The molecule has 0 fully saturated rings. The molecule has 41 heavy (non-hydrogen) atoms. The average Bonchev–Trinajstić information content (AvgIpc) is 3.44. The summed E-state index contributed by atoms with van der Waals surface area (Å²) in [4.78, 5) is 33.9. The van der Waals surface area contributed by atoms with E-state index in [0.717, 1.165) is 0 Å². The van der Waals surface area contributed by atoms with Gasteiger partial charge in [-0.05, 0) is 35.7 Å². The molecular formula is C29H18N10O2. The molecule has 0 aliphatic rings. The van der Waals surface area contributed by atoms with Gasteiger partial charge < -0.3 is 10.1 Å². The van der Waals surface area contributed by atoms with E-state index in [1.54, 1.807) is 42.7 Å². The molecule has 12 nitrogen and oxygen atoms in total. The van der Waals surface area contributed by atoms with E-state index >= 15 is 0 Å². The molecule has 1 amide bonds. The van der Waals surface area contributed by atoms with Gasteiger partial charge in [0.2, 0.25) is 0 Å². The van der Waals surface area contributed by atoms with Gasteiger partial charge in [0.15, 0.2) is 11.6 Å². The summed E-state index contributed by atoms with van der Waals surface area (Å²) in [7, 11) is 0. The van der Waals surface area contributed by atoms with Gasteiger partial charge in [-0.15, -0.1) is 10.2 Å². The van der Waals surface area contributed by atoms with E-state index in [1.807, 2.05) is 42.5 Å². The van der Waals surface area contributed by atoms with E-state index in [2.05, 4.69) is 45.4 Å². The SMILES string of the molecule is [C-]#[N+]c1cnn(-c2ncccn2)c1/N=N/c1c(Oc2ncccn2)c(C(=O)Nc2ccccc2)cc2ccccc12. The molecule has 0 atom stereocenters. The highest BCUT2D eigenvalue weighted by atomic mass is 16.5. The average molecular weight is 539 g/mol. The van der Waals surface area contributed by atoms with Crippen LogP contribution in [0.4, 0.5) is 22.9 Å². The number of benzene rings is 3. The van der Waals surface area contributed by atoms with Crippen molar-refractivity contribution in [2.45, 2.75) is 0 Å². The zero-order chi connectivity index (χ0) is 28.0. The molecule has 0 bridgehead atoms. The fourth-order valence-corrected chi connectivity index (χ4v) is 3.98. The van der Waals surface area contributed by atoms with Gasteiger partial charge in [-0.1, -0.05) is 42.5 Å². The molecule has 0 aliphatic heterocycles. The van der Waals surface area contributed by atoms with Gasteiger partial charge in [-0.25, -0.2) is 24.8 Å². The molecule has 3 aromatic carbocycles. The van der Waals surface area contributed by atoms with E-state index in [9.17, 15) is 4.79 Å². The van der Waals surface area contributed by atoms with E-state index in [-0.39, 0.29) is 40.5 Å². The first-order valence-corrected chi connectivity index (χ1v) is 12.2. The first kappa shape index (κ1) is 25.0. The molecule has 0 aliphatic carbocycles. The third-order valence-electron chi connectivity index (χ3n) is 5.82. The fourth-order valence-electron chi connectivity index (χ4n) is 3.98. The lowest BCUT2D eigenvalue weighted by Crippen LogP contribution is -2.13. The lowest BCUT2D eigenvalue weighted by molar-refractivity contribution is 0.102. The lowest BCUT2D eigenvalue weighted by atomic mass is 10.0. The molecule has 1 N–H and O–H groups in total. The Kier molecular flexibility index (Phi) is 6.80. The summed E-state index contributed by atoms with van der Waals surface area (Å²) in [6.45, 7) is 7.60. The van der Waals surface area contributed by atoms with E-state index < -0.39 is 5.91 Å². The number of azo groups is 1. The van der Waals surface area contributed by atoms with Crippen molar-refractivity contribution < 1.29 is 9.53 Å². The molecule has 0 saturated heterocycles. The van der Waals surface area contributed by atoms with E-state index in [1.165, 1.54) is 23.3 Å². The first-order valence-electron chi connectivity index (χ1n) is 12.2. The third kappa shape index (κ3) is 5.18. The summed E-state index contributed by atoms with van der Waals surface area (Å²) in [5, 5.41) is 17.4. The molecule has 3 heterocycles. The zero-order valence-corrected chi connectivity index (χ0v) is 21.2. The van der Waals surface area contributed by atoms with Gasteiger partial charge >= 0.3 is 6.01 Å². The number of hydrogen-bond donors (Lipinski definition) is 1. The Balaban J connectivity index is 1.54. The van der Waals surface area contributed by atoms with Crippen molar-refractivity contribution in [3.05, 3.63) is 121 Å². The van der Waals surface area contributed by atoms with Crippen molar-refractivity contribution in [3.8, 4) is 17.7 Å². The number of anilines is 1.